The summed E-state index contributed by atoms with van der Waals surface area (Å²) in [5, 5.41) is 6.02. The summed E-state index contributed by atoms with van der Waals surface area (Å²) >= 11 is 0. The fourth-order valence-corrected chi connectivity index (χ4v) is 2.61. The number of nitrogens with one attached hydrogen (secondary N) is 2. The van der Waals surface area contributed by atoms with E-state index in [9.17, 15) is 4.79 Å². The van der Waals surface area contributed by atoms with Crippen LogP contribution in [0.1, 0.15) is 27.0 Å². The highest BCUT2D eigenvalue weighted by molar-refractivity contribution is 6.04. The second-order valence-corrected chi connectivity index (χ2v) is 6.40. The summed E-state index contributed by atoms with van der Waals surface area (Å²) in [6.45, 7) is 5.93. The Balaban J connectivity index is 1.74. The largest absolute Gasteiger partial charge is 0.495 e. The van der Waals surface area contributed by atoms with Gasteiger partial charge in [-0.05, 0) is 55.7 Å². The van der Waals surface area contributed by atoms with E-state index >= 15 is 0 Å². The van der Waals surface area contributed by atoms with Crippen LogP contribution < -0.4 is 15.4 Å². The van der Waals surface area contributed by atoms with E-state index < -0.39 is 0 Å². The van der Waals surface area contributed by atoms with E-state index in [0.717, 1.165) is 28.1 Å². The Kier molecular flexibility index (Phi) is 5.35. The van der Waals surface area contributed by atoms with E-state index in [4.69, 9.17) is 4.74 Å². The van der Waals surface area contributed by atoms with E-state index in [1.54, 1.807) is 7.11 Å². The van der Waals surface area contributed by atoms with Crippen LogP contribution in [0.2, 0.25) is 0 Å². The number of ether oxygens (including phenoxy) is 1. The summed E-state index contributed by atoms with van der Waals surface area (Å²) < 4.78 is 5.34. The maximum atomic E-state index is 12.5. The van der Waals surface area contributed by atoms with E-state index in [0.29, 0.717) is 17.3 Å². The van der Waals surface area contributed by atoms with Gasteiger partial charge < -0.3 is 15.4 Å². The molecule has 0 unspecified atom stereocenters. The molecule has 2 aromatic carbocycles. The van der Waals surface area contributed by atoms with Crippen molar-refractivity contribution in [1.29, 1.82) is 0 Å². The van der Waals surface area contributed by atoms with Gasteiger partial charge in [-0.3, -0.25) is 4.79 Å². The van der Waals surface area contributed by atoms with Crippen molar-refractivity contribution >= 4 is 23.2 Å². The van der Waals surface area contributed by atoms with Gasteiger partial charge in [0, 0.05) is 18.1 Å². The molecule has 0 saturated heterocycles. The van der Waals surface area contributed by atoms with Crippen LogP contribution in [0.15, 0.2) is 48.8 Å². The zero-order valence-corrected chi connectivity index (χ0v) is 15.8. The van der Waals surface area contributed by atoms with Gasteiger partial charge in [0.2, 0.25) is 5.95 Å². The summed E-state index contributed by atoms with van der Waals surface area (Å²) in [5.74, 6) is 0.839. The Morgan fingerprint density at radius 3 is 2.22 bits per heavy atom. The molecule has 3 rings (SSSR count). The van der Waals surface area contributed by atoms with Gasteiger partial charge in [-0.2, -0.15) is 0 Å². The fraction of sp³-hybridized carbons (Fsp3) is 0.190. The first-order chi connectivity index (χ1) is 13.0. The number of aromatic nitrogens is 2. The molecular weight excluding hydrogens is 340 g/mol. The summed E-state index contributed by atoms with van der Waals surface area (Å²) in [5.41, 5.74) is 5.11. The molecule has 2 N–H and O–H groups in total. The molecule has 138 valence electrons. The summed E-state index contributed by atoms with van der Waals surface area (Å²) in [6, 6.07) is 11.7. The first-order valence-corrected chi connectivity index (χ1v) is 8.58. The molecule has 6 nitrogen and oxygen atoms in total. The number of rotatable bonds is 5. The lowest BCUT2D eigenvalue weighted by Gasteiger charge is -2.11. The van der Waals surface area contributed by atoms with E-state index in [-0.39, 0.29) is 5.91 Å². The fourth-order valence-electron chi connectivity index (χ4n) is 2.61. The highest BCUT2D eigenvalue weighted by Crippen LogP contribution is 2.27. The number of amides is 1. The van der Waals surface area contributed by atoms with E-state index in [2.05, 4.69) is 20.6 Å². The molecule has 0 saturated carbocycles. The van der Waals surface area contributed by atoms with Crippen molar-refractivity contribution in [3.8, 4) is 5.75 Å². The molecule has 0 radical (unpaired) electrons. The van der Waals surface area contributed by atoms with Gasteiger partial charge >= 0.3 is 0 Å². The number of hydrogen-bond donors (Lipinski definition) is 2. The normalized spacial score (nSPS) is 10.4. The molecule has 0 bridgehead atoms. The zero-order valence-electron chi connectivity index (χ0n) is 15.8. The Morgan fingerprint density at radius 2 is 1.56 bits per heavy atom. The van der Waals surface area contributed by atoms with Crippen molar-refractivity contribution in [2.24, 2.45) is 0 Å². The molecule has 1 heterocycles. The van der Waals surface area contributed by atoms with Crippen molar-refractivity contribution in [3.05, 3.63) is 71.0 Å². The van der Waals surface area contributed by atoms with Crippen molar-refractivity contribution in [1.82, 2.24) is 9.97 Å². The molecule has 3 aromatic rings. The Hall–Kier alpha value is -3.41. The molecule has 27 heavy (non-hydrogen) atoms. The minimum Gasteiger partial charge on any atom is -0.495 e. The number of hydrogen-bond acceptors (Lipinski definition) is 5. The number of carbonyl (C=O) groups excluding carboxylic acids is 1. The topological polar surface area (TPSA) is 76.1 Å². The molecular formula is C21H22N4O2. The second-order valence-electron chi connectivity index (χ2n) is 6.40. The monoisotopic (exact) mass is 362 g/mol. The van der Waals surface area contributed by atoms with Crippen LogP contribution in [0, 0.1) is 20.8 Å². The molecule has 0 aliphatic heterocycles. The molecule has 6 heteroatoms. The maximum absolute atomic E-state index is 12.5. The third-order valence-electron chi connectivity index (χ3n) is 4.16. The maximum Gasteiger partial charge on any atom is 0.258 e. The zero-order chi connectivity index (χ0) is 19.4. The van der Waals surface area contributed by atoms with Crippen LogP contribution in [0.5, 0.6) is 5.75 Å². The van der Waals surface area contributed by atoms with Gasteiger partial charge in [0.25, 0.3) is 5.91 Å². The third kappa shape index (κ3) is 4.41. The number of benzene rings is 2. The van der Waals surface area contributed by atoms with Crippen LogP contribution in [0.3, 0.4) is 0 Å². The van der Waals surface area contributed by atoms with Crippen molar-refractivity contribution in [3.63, 3.8) is 0 Å². The molecule has 0 fully saturated rings. The van der Waals surface area contributed by atoms with Gasteiger partial charge in [-0.1, -0.05) is 18.2 Å². The standard InChI is InChI=1S/C21H22N4O2/c1-13-5-7-15(3)17(9-13)24-20(26)16-11-22-21(23-12-16)25-18-10-14(2)6-8-19(18)27-4/h5-12H,1-4H3,(H,24,26)(H,22,23,25). The minimum atomic E-state index is -0.247. The van der Waals surface area contributed by atoms with Crippen LogP contribution in [0.25, 0.3) is 0 Å². The average molecular weight is 362 g/mol. The number of nitrogens with zero attached hydrogens (tertiary/aromatic N) is 2. The first kappa shape index (κ1) is 18.4. The van der Waals surface area contributed by atoms with Crippen molar-refractivity contribution in [2.75, 3.05) is 17.7 Å². The van der Waals surface area contributed by atoms with E-state index in [1.165, 1.54) is 12.4 Å². The molecule has 0 aliphatic rings. The lowest BCUT2D eigenvalue weighted by molar-refractivity contribution is 0.102. The van der Waals surface area contributed by atoms with Gasteiger partial charge in [0.05, 0.1) is 18.4 Å². The number of anilines is 3. The average Bonchev–Trinajstić information content (AvgIpc) is 2.65. The van der Waals surface area contributed by atoms with Crippen LogP contribution >= 0.6 is 0 Å². The quantitative estimate of drug-likeness (QED) is 0.703. The van der Waals surface area contributed by atoms with Gasteiger partial charge in [0.15, 0.2) is 0 Å². The van der Waals surface area contributed by atoms with Crippen molar-refractivity contribution < 1.29 is 9.53 Å². The molecule has 1 amide bonds. The lowest BCUT2D eigenvalue weighted by atomic mass is 10.1. The highest BCUT2D eigenvalue weighted by atomic mass is 16.5. The summed E-state index contributed by atoms with van der Waals surface area (Å²) in [7, 11) is 1.61. The molecule has 0 atom stereocenters. The highest BCUT2D eigenvalue weighted by Gasteiger charge is 2.10. The first-order valence-electron chi connectivity index (χ1n) is 8.58. The van der Waals surface area contributed by atoms with E-state index in [1.807, 2.05) is 57.2 Å². The Bertz CT molecular complexity index is 968. The van der Waals surface area contributed by atoms with Gasteiger partial charge in [0.1, 0.15) is 5.75 Å². The smallest absolute Gasteiger partial charge is 0.258 e. The lowest BCUT2D eigenvalue weighted by Crippen LogP contribution is -2.14. The van der Waals surface area contributed by atoms with Crippen molar-refractivity contribution in [2.45, 2.75) is 20.8 Å². The van der Waals surface area contributed by atoms with Gasteiger partial charge in [-0.15, -0.1) is 0 Å². The Morgan fingerprint density at radius 1 is 0.926 bits per heavy atom. The van der Waals surface area contributed by atoms with Crippen LogP contribution in [-0.4, -0.2) is 23.0 Å². The third-order valence-corrected chi connectivity index (χ3v) is 4.16. The molecule has 1 aromatic heterocycles. The molecule has 0 spiro atoms. The number of carbonyl (C=O) groups is 1. The second kappa shape index (κ2) is 7.86. The molecule has 0 aliphatic carbocycles. The Labute approximate surface area is 158 Å². The number of methoxy groups -OCH3 is 1. The summed E-state index contributed by atoms with van der Waals surface area (Å²) in [6.07, 6.45) is 3.00. The minimum absolute atomic E-state index is 0.247. The van der Waals surface area contributed by atoms with Crippen LogP contribution in [0.4, 0.5) is 17.3 Å². The SMILES string of the molecule is COc1ccc(C)cc1Nc1ncc(C(=O)Nc2cc(C)ccc2C)cn1. The predicted molar refractivity (Wildman–Crippen MR) is 107 cm³/mol. The number of aryl methyl sites for hydroxylation is 3. The van der Waals surface area contributed by atoms with Crippen LogP contribution in [-0.2, 0) is 0 Å². The van der Waals surface area contributed by atoms with Gasteiger partial charge in [-0.25, -0.2) is 9.97 Å². The predicted octanol–water partition coefficient (Wildman–Crippen LogP) is 4.41. The summed E-state index contributed by atoms with van der Waals surface area (Å²) in [4.78, 5) is 20.9.